The van der Waals surface area contributed by atoms with Gasteiger partial charge in [-0.1, -0.05) is 19.4 Å². The van der Waals surface area contributed by atoms with E-state index >= 15 is 0 Å². The van der Waals surface area contributed by atoms with Gasteiger partial charge < -0.3 is 10.2 Å². The van der Waals surface area contributed by atoms with Crippen LogP contribution in [0, 0.1) is 0 Å². The van der Waals surface area contributed by atoms with Gasteiger partial charge in [0, 0.05) is 31.0 Å². The molecule has 0 aromatic heterocycles. The van der Waals surface area contributed by atoms with E-state index in [1.807, 2.05) is 0 Å². The summed E-state index contributed by atoms with van der Waals surface area (Å²) in [6.45, 7) is 5.75. The molecule has 1 aromatic rings. The molecule has 1 saturated heterocycles. The SMILES string of the molecule is CCCCNc1cccc(N2CCCC2)c1. The molecule has 16 heavy (non-hydrogen) atoms. The van der Waals surface area contributed by atoms with Gasteiger partial charge in [0.15, 0.2) is 0 Å². The van der Waals surface area contributed by atoms with Crippen LogP contribution in [-0.4, -0.2) is 19.6 Å². The van der Waals surface area contributed by atoms with Gasteiger partial charge in [-0.25, -0.2) is 0 Å². The first-order valence-electron chi connectivity index (χ1n) is 6.49. The monoisotopic (exact) mass is 218 g/mol. The van der Waals surface area contributed by atoms with Crippen LogP contribution in [0.5, 0.6) is 0 Å². The van der Waals surface area contributed by atoms with Gasteiger partial charge in [-0.05, 0) is 37.5 Å². The number of hydrogen-bond donors (Lipinski definition) is 1. The molecule has 1 heterocycles. The molecule has 2 heteroatoms. The highest BCUT2D eigenvalue weighted by Gasteiger charge is 2.11. The number of hydrogen-bond acceptors (Lipinski definition) is 2. The minimum atomic E-state index is 1.08. The molecule has 1 aliphatic heterocycles. The lowest BCUT2D eigenvalue weighted by Gasteiger charge is -2.18. The highest BCUT2D eigenvalue weighted by molar-refractivity contribution is 5.58. The second-order valence-corrected chi connectivity index (χ2v) is 4.52. The van der Waals surface area contributed by atoms with Gasteiger partial charge in [-0.2, -0.15) is 0 Å². The van der Waals surface area contributed by atoms with Crippen molar-refractivity contribution in [2.75, 3.05) is 29.9 Å². The number of nitrogens with one attached hydrogen (secondary N) is 1. The van der Waals surface area contributed by atoms with E-state index in [2.05, 4.69) is 41.4 Å². The molecular weight excluding hydrogens is 196 g/mol. The van der Waals surface area contributed by atoms with E-state index in [0.717, 1.165) is 6.54 Å². The van der Waals surface area contributed by atoms with E-state index in [-0.39, 0.29) is 0 Å². The first kappa shape index (κ1) is 11.3. The third kappa shape index (κ3) is 2.91. The van der Waals surface area contributed by atoms with Crippen LogP contribution in [0.1, 0.15) is 32.6 Å². The van der Waals surface area contributed by atoms with Crippen LogP contribution in [-0.2, 0) is 0 Å². The van der Waals surface area contributed by atoms with Gasteiger partial charge in [-0.15, -0.1) is 0 Å². The van der Waals surface area contributed by atoms with Crippen LogP contribution in [0.15, 0.2) is 24.3 Å². The van der Waals surface area contributed by atoms with Gasteiger partial charge in [-0.3, -0.25) is 0 Å². The molecule has 2 rings (SSSR count). The maximum Gasteiger partial charge on any atom is 0.0386 e. The molecule has 1 aromatic carbocycles. The number of benzene rings is 1. The van der Waals surface area contributed by atoms with Crippen LogP contribution in [0.3, 0.4) is 0 Å². The smallest absolute Gasteiger partial charge is 0.0386 e. The molecule has 0 amide bonds. The van der Waals surface area contributed by atoms with E-state index in [1.54, 1.807) is 0 Å². The molecule has 88 valence electrons. The second-order valence-electron chi connectivity index (χ2n) is 4.52. The van der Waals surface area contributed by atoms with Gasteiger partial charge in [0.1, 0.15) is 0 Å². The Bertz CT molecular complexity index is 316. The Morgan fingerprint density at radius 3 is 2.81 bits per heavy atom. The van der Waals surface area contributed by atoms with E-state index in [9.17, 15) is 0 Å². The summed E-state index contributed by atoms with van der Waals surface area (Å²) in [7, 11) is 0. The van der Waals surface area contributed by atoms with Crippen molar-refractivity contribution >= 4 is 11.4 Å². The van der Waals surface area contributed by atoms with Crippen molar-refractivity contribution in [2.45, 2.75) is 32.6 Å². The molecule has 0 unspecified atom stereocenters. The summed E-state index contributed by atoms with van der Waals surface area (Å²) < 4.78 is 0. The Morgan fingerprint density at radius 2 is 2.06 bits per heavy atom. The largest absolute Gasteiger partial charge is 0.385 e. The fraction of sp³-hybridized carbons (Fsp3) is 0.571. The average molecular weight is 218 g/mol. The molecule has 0 spiro atoms. The molecular formula is C14H22N2. The van der Waals surface area contributed by atoms with E-state index in [4.69, 9.17) is 0 Å². The Labute approximate surface area is 98.7 Å². The summed E-state index contributed by atoms with van der Waals surface area (Å²) in [6.07, 6.45) is 5.17. The number of rotatable bonds is 5. The van der Waals surface area contributed by atoms with Crippen molar-refractivity contribution in [1.29, 1.82) is 0 Å². The van der Waals surface area contributed by atoms with Crippen molar-refractivity contribution in [3.05, 3.63) is 24.3 Å². The van der Waals surface area contributed by atoms with Crippen LogP contribution in [0.4, 0.5) is 11.4 Å². The van der Waals surface area contributed by atoms with Crippen LogP contribution < -0.4 is 10.2 Å². The lowest BCUT2D eigenvalue weighted by atomic mass is 10.2. The van der Waals surface area contributed by atoms with Gasteiger partial charge >= 0.3 is 0 Å². The van der Waals surface area contributed by atoms with Crippen molar-refractivity contribution in [1.82, 2.24) is 0 Å². The summed E-state index contributed by atoms with van der Waals surface area (Å²) >= 11 is 0. The molecule has 0 aliphatic carbocycles. The topological polar surface area (TPSA) is 15.3 Å². The highest BCUT2D eigenvalue weighted by Crippen LogP contribution is 2.23. The maximum atomic E-state index is 3.48. The van der Waals surface area contributed by atoms with Gasteiger partial charge in [0.2, 0.25) is 0 Å². The standard InChI is InChI=1S/C14H22N2/c1-2-3-9-15-13-7-6-8-14(12-13)16-10-4-5-11-16/h6-8,12,15H,2-5,9-11H2,1H3. The molecule has 1 N–H and O–H groups in total. The minimum absolute atomic E-state index is 1.08. The fourth-order valence-electron chi connectivity index (χ4n) is 2.20. The van der Waals surface area contributed by atoms with E-state index in [1.165, 1.54) is 50.1 Å². The van der Waals surface area contributed by atoms with E-state index in [0.29, 0.717) is 0 Å². The third-order valence-electron chi connectivity index (χ3n) is 3.18. The molecule has 0 atom stereocenters. The predicted molar refractivity (Wildman–Crippen MR) is 71.3 cm³/mol. The van der Waals surface area contributed by atoms with Crippen LogP contribution in [0.2, 0.25) is 0 Å². The number of nitrogens with zero attached hydrogens (tertiary/aromatic N) is 1. The van der Waals surface area contributed by atoms with Crippen molar-refractivity contribution in [3.8, 4) is 0 Å². The lowest BCUT2D eigenvalue weighted by molar-refractivity contribution is 0.834. The molecule has 0 radical (unpaired) electrons. The van der Waals surface area contributed by atoms with Crippen LogP contribution in [0.25, 0.3) is 0 Å². The van der Waals surface area contributed by atoms with Gasteiger partial charge in [0.05, 0.1) is 0 Å². The molecule has 0 bridgehead atoms. The fourth-order valence-corrected chi connectivity index (χ4v) is 2.20. The molecule has 2 nitrogen and oxygen atoms in total. The number of unbranched alkanes of at least 4 members (excludes halogenated alkanes) is 1. The first-order chi connectivity index (χ1) is 7.90. The zero-order valence-electron chi connectivity index (χ0n) is 10.2. The summed E-state index contributed by atoms with van der Waals surface area (Å²) in [4.78, 5) is 2.48. The zero-order valence-corrected chi connectivity index (χ0v) is 10.2. The maximum absolute atomic E-state index is 3.48. The van der Waals surface area contributed by atoms with Crippen molar-refractivity contribution in [3.63, 3.8) is 0 Å². The summed E-state index contributed by atoms with van der Waals surface area (Å²) in [5.41, 5.74) is 2.64. The molecule has 1 fully saturated rings. The Kier molecular flexibility index (Phi) is 4.09. The number of anilines is 2. The predicted octanol–water partition coefficient (Wildman–Crippen LogP) is 3.50. The second kappa shape index (κ2) is 5.78. The van der Waals surface area contributed by atoms with Crippen molar-refractivity contribution < 1.29 is 0 Å². The summed E-state index contributed by atoms with van der Waals surface area (Å²) in [5, 5.41) is 3.48. The Balaban J connectivity index is 1.95. The quantitative estimate of drug-likeness (QED) is 0.761. The summed E-state index contributed by atoms with van der Waals surface area (Å²) in [5.74, 6) is 0. The minimum Gasteiger partial charge on any atom is -0.385 e. The zero-order chi connectivity index (χ0) is 11.2. The van der Waals surface area contributed by atoms with Crippen molar-refractivity contribution in [2.24, 2.45) is 0 Å². The van der Waals surface area contributed by atoms with Crippen LogP contribution >= 0.6 is 0 Å². The average Bonchev–Trinajstić information content (AvgIpc) is 2.83. The Morgan fingerprint density at radius 1 is 1.25 bits per heavy atom. The van der Waals surface area contributed by atoms with E-state index < -0.39 is 0 Å². The summed E-state index contributed by atoms with van der Waals surface area (Å²) in [6, 6.07) is 8.81. The highest BCUT2D eigenvalue weighted by atomic mass is 15.1. The Hall–Kier alpha value is -1.18. The normalized spacial score (nSPS) is 15.4. The first-order valence-corrected chi connectivity index (χ1v) is 6.49. The molecule has 1 aliphatic rings. The third-order valence-corrected chi connectivity index (χ3v) is 3.18. The lowest BCUT2D eigenvalue weighted by Crippen LogP contribution is -2.17. The molecule has 0 saturated carbocycles. The van der Waals surface area contributed by atoms with Gasteiger partial charge in [0.25, 0.3) is 0 Å².